The van der Waals surface area contributed by atoms with Gasteiger partial charge in [-0.15, -0.1) is 0 Å². The lowest BCUT2D eigenvalue weighted by Gasteiger charge is -2.20. The molecule has 0 fully saturated rings. The number of hydrogen-bond donors (Lipinski definition) is 1. The number of hydrogen-bond acceptors (Lipinski definition) is 2. The maximum atomic E-state index is 5.31. The zero-order valence-electron chi connectivity index (χ0n) is 9.21. The Morgan fingerprint density at radius 2 is 2.15 bits per heavy atom. The third-order valence-electron chi connectivity index (χ3n) is 2.00. The molecular weight excluding hydrogens is 164 g/mol. The Hall–Kier alpha value is -0.570. The van der Waals surface area contributed by atoms with Gasteiger partial charge in [0.2, 0.25) is 0 Å². The summed E-state index contributed by atoms with van der Waals surface area (Å²) in [5.74, 6) is 0.610. The molecule has 3 nitrogen and oxygen atoms in total. The monoisotopic (exact) mass is 186 g/mol. The van der Waals surface area contributed by atoms with Crippen molar-refractivity contribution >= 4 is 6.34 Å². The van der Waals surface area contributed by atoms with E-state index in [1.54, 1.807) is 13.4 Å². The van der Waals surface area contributed by atoms with E-state index in [9.17, 15) is 0 Å². The Labute approximate surface area is 81.6 Å². The van der Waals surface area contributed by atoms with Crippen LogP contribution >= 0.6 is 0 Å². The van der Waals surface area contributed by atoms with Crippen LogP contribution in [0.4, 0.5) is 0 Å². The molecule has 0 radical (unpaired) electrons. The zero-order chi connectivity index (χ0) is 10.1. The molecule has 13 heavy (non-hydrogen) atoms. The van der Waals surface area contributed by atoms with Gasteiger partial charge in [-0.2, -0.15) is 0 Å². The second kappa shape index (κ2) is 8.05. The van der Waals surface area contributed by atoms with Gasteiger partial charge in [-0.25, -0.2) is 0 Å². The molecular formula is C10H22N2O. The maximum Gasteiger partial charge on any atom is 0.0822 e. The lowest BCUT2D eigenvalue weighted by molar-refractivity contribution is 0.133. The van der Waals surface area contributed by atoms with E-state index >= 15 is 0 Å². The minimum absolute atomic E-state index is 0.468. The molecule has 0 saturated heterocycles. The Morgan fingerprint density at radius 1 is 1.46 bits per heavy atom. The fourth-order valence-electron chi connectivity index (χ4n) is 1.13. The number of nitrogens with zero attached hydrogens (tertiary/aromatic N) is 1. The maximum absolute atomic E-state index is 5.31. The molecule has 0 unspecified atom stereocenters. The van der Waals surface area contributed by atoms with Crippen LogP contribution in [-0.4, -0.2) is 32.6 Å². The fourth-order valence-corrected chi connectivity index (χ4v) is 1.13. The Balaban J connectivity index is 3.67. The highest BCUT2D eigenvalue weighted by Gasteiger charge is 2.10. The third-order valence-corrected chi connectivity index (χ3v) is 2.00. The Kier molecular flexibility index (Phi) is 7.69. The summed E-state index contributed by atoms with van der Waals surface area (Å²) in [5, 5.41) is 3.26. The van der Waals surface area contributed by atoms with Crippen molar-refractivity contribution in [2.45, 2.75) is 33.2 Å². The quantitative estimate of drug-likeness (QED) is 0.373. The predicted octanol–water partition coefficient (Wildman–Crippen LogP) is 1.69. The summed E-state index contributed by atoms with van der Waals surface area (Å²) < 4.78 is 5.31. The van der Waals surface area contributed by atoms with Crippen LogP contribution in [-0.2, 0) is 4.74 Å². The molecule has 0 aliphatic rings. The van der Waals surface area contributed by atoms with Crippen molar-refractivity contribution in [2.75, 3.05) is 20.3 Å². The van der Waals surface area contributed by atoms with E-state index in [0.717, 1.165) is 19.6 Å². The van der Waals surface area contributed by atoms with Crippen molar-refractivity contribution in [3.63, 3.8) is 0 Å². The van der Waals surface area contributed by atoms with Crippen molar-refractivity contribution < 1.29 is 4.74 Å². The van der Waals surface area contributed by atoms with E-state index < -0.39 is 0 Å². The summed E-state index contributed by atoms with van der Waals surface area (Å²) in [6.07, 6.45) is 2.80. The first-order chi connectivity index (χ1) is 6.22. The van der Waals surface area contributed by atoms with Crippen LogP contribution in [0.5, 0.6) is 0 Å². The molecule has 0 rings (SSSR count). The first-order valence-corrected chi connectivity index (χ1v) is 4.96. The Bertz CT molecular complexity index is 135. The zero-order valence-corrected chi connectivity index (χ0v) is 9.21. The molecule has 0 saturated carbocycles. The lowest BCUT2D eigenvalue weighted by atomic mass is 10.0. The van der Waals surface area contributed by atoms with Gasteiger partial charge < -0.3 is 10.1 Å². The topological polar surface area (TPSA) is 33.6 Å². The van der Waals surface area contributed by atoms with Gasteiger partial charge in [-0.05, 0) is 19.3 Å². The normalized spacial score (nSPS) is 13.9. The van der Waals surface area contributed by atoms with Gasteiger partial charge >= 0.3 is 0 Å². The number of rotatable bonds is 7. The van der Waals surface area contributed by atoms with Crippen molar-refractivity contribution in [2.24, 2.45) is 10.9 Å². The number of aliphatic imine (C=N–C) groups is 1. The summed E-state index contributed by atoms with van der Waals surface area (Å²) in [6, 6.07) is 0.468. The molecule has 0 aliphatic carbocycles. The smallest absolute Gasteiger partial charge is 0.0822 e. The van der Waals surface area contributed by atoms with Crippen LogP contribution < -0.4 is 5.32 Å². The molecule has 1 atom stereocenters. The number of nitrogens with one attached hydrogen (secondary N) is 1. The van der Waals surface area contributed by atoms with Crippen LogP contribution in [0.25, 0.3) is 0 Å². The second-order valence-corrected chi connectivity index (χ2v) is 3.39. The third kappa shape index (κ3) is 6.58. The average molecular weight is 186 g/mol. The molecule has 0 amide bonds. The van der Waals surface area contributed by atoms with E-state index in [4.69, 9.17) is 4.74 Å². The first-order valence-electron chi connectivity index (χ1n) is 4.96. The van der Waals surface area contributed by atoms with E-state index in [-0.39, 0.29) is 0 Å². The number of ether oxygens (including phenoxy) is 1. The van der Waals surface area contributed by atoms with Crippen LogP contribution in [0.15, 0.2) is 4.99 Å². The van der Waals surface area contributed by atoms with E-state index in [0.29, 0.717) is 12.0 Å². The van der Waals surface area contributed by atoms with Gasteiger partial charge in [-0.3, -0.25) is 4.99 Å². The fraction of sp³-hybridized carbons (Fsp3) is 0.900. The Morgan fingerprint density at radius 3 is 2.62 bits per heavy atom. The first kappa shape index (κ1) is 12.4. The van der Waals surface area contributed by atoms with Crippen LogP contribution in [0, 0.1) is 5.92 Å². The largest absolute Gasteiger partial charge is 0.382 e. The van der Waals surface area contributed by atoms with Crippen molar-refractivity contribution in [1.82, 2.24) is 5.32 Å². The van der Waals surface area contributed by atoms with Gasteiger partial charge in [0.05, 0.1) is 6.34 Å². The highest BCUT2D eigenvalue weighted by molar-refractivity contribution is 5.54. The SMILES string of the molecule is CCOCC[C@@H](NC=NC)C(C)C. The van der Waals surface area contributed by atoms with E-state index in [2.05, 4.69) is 24.2 Å². The minimum atomic E-state index is 0.468. The highest BCUT2D eigenvalue weighted by Crippen LogP contribution is 2.05. The van der Waals surface area contributed by atoms with Crippen molar-refractivity contribution in [3.05, 3.63) is 0 Å². The van der Waals surface area contributed by atoms with E-state index in [1.165, 1.54) is 0 Å². The van der Waals surface area contributed by atoms with E-state index in [1.807, 2.05) is 6.92 Å². The minimum Gasteiger partial charge on any atom is -0.382 e. The molecule has 0 heterocycles. The molecule has 3 heteroatoms. The highest BCUT2D eigenvalue weighted by atomic mass is 16.5. The molecule has 0 aromatic rings. The van der Waals surface area contributed by atoms with Gasteiger partial charge in [0.15, 0.2) is 0 Å². The molecule has 0 spiro atoms. The van der Waals surface area contributed by atoms with Gasteiger partial charge in [-0.1, -0.05) is 13.8 Å². The summed E-state index contributed by atoms with van der Waals surface area (Å²) >= 11 is 0. The standard InChI is InChI=1S/C10H22N2O/c1-5-13-7-6-10(9(2)3)12-8-11-4/h8-10H,5-7H2,1-4H3,(H,11,12)/t10-/m1/s1. The van der Waals surface area contributed by atoms with Crippen LogP contribution in [0.2, 0.25) is 0 Å². The van der Waals surface area contributed by atoms with Crippen molar-refractivity contribution in [1.29, 1.82) is 0 Å². The molecule has 0 aromatic heterocycles. The molecule has 0 aliphatic heterocycles. The summed E-state index contributed by atoms with van der Waals surface area (Å²) in [6.45, 7) is 8.04. The predicted molar refractivity (Wildman–Crippen MR) is 57.3 cm³/mol. The van der Waals surface area contributed by atoms with Gasteiger partial charge in [0, 0.05) is 26.3 Å². The summed E-state index contributed by atoms with van der Waals surface area (Å²) in [5.41, 5.74) is 0. The second-order valence-electron chi connectivity index (χ2n) is 3.39. The molecule has 0 aromatic carbocycles. The van der Waals surface area contributed by atoms with Crippen LogP contribution in [0.1, 0.15) is 27.2 Å². The lowest BCUT2D eigenvalue weighted by Crippen LogP contribution is -2.33. The van der Waals surface area contributed by atoms with Crippen molar-refractivity contribution in [3.8, 4) is 0 Å². The molecule has 0 bridgehead atoms. The molecule has 1 N–H and O–H groups in total. The van der Waals surface area contributed by atoms with Gasteiger partial charge in [0.1, 0.15) is 0 Å². The summed E-state index contributed by atoms with van der Waals surface area (Å²) in [4.78, 5) is 3.91. The average Bonchev–Trinajstić information content (AvgIpc) is 2.10. The van der Waals surface area contributed by atoms with Crippen LogP contribution in [0.3, 0.4) is 0 Å². The summed E-state index contributed by atoms with van der Waals surface area (Å²) in [7, 11) is 1.77. The van der Waals surface area contributed by atoms with Gasteiger partial charge in [0.25, 0.3) is 0 Å². The molecule has 78 valence electrons.